The molecule has 0 aliphatic carbocycles. The van der Waals surface area contributed by atoms with Gasteiger partial charge in [-0.1, -0.05) is 18.1 Å². The Hall–Kier alpha value is -3.72. The molecule has 2 heterocycles. The molecule has 0 bridgehead atoms. The van der Waals surface area contributed by atoms with Crippen LogP contribution < -0.4 is 14.8 Å². The topological polar surface area (TPSA) is 65.4 Å². The fraction of sp³-hybridized carbons (Fsp3) is 0.250. The number of nitrogens with one attached hydrogen (secondary N) is 1. The predicted molar refractivity (Wildman–Crippen MR) is 115 cm³/mol. The van der Waals surface area contributed by atoms with Crippen LogP contribution in [0.4, 0.5) is 5.82 Å². The van der Waals surface area contributed by atoms with Crippen LogP contribution in [0.3, 0.4) is 0 Å². The third-order valence-corrected chi connectivity index (χ3v) is 5.46. The molecule has 2 aromatic carbocycles. The van der Waals surface area contributed by atoms with E-state index in [1.807, 2.05) is 30.5 Å². The first-order valence-corrected chi connectivity index (χ1v) is 9.71. The number of carbonyl (C=O) groups excluding carboxylic acids is 1. The Morgan fingerprint density at radius 1 is 1.20 bits per heavy atom. The van der Waals surface area contributed by atoms with Crippen molar-refractivity contribution in [3.05, 3.63) is 64.8 Å². The van der Waals surface area contributed by atoms with Crippen LogP contribution in [0.1, 0.15) is 34.6 Å². The van der Waals surface area contributed by atoms with Gasteiger partial charge in [-0.05, 0) is 54.8 Å². The molecule has 0 spiro atoms. The number of anilines is 1. The van der Waals surface area contributed by atoms with Crippen LogP contribution in [-0.4, -0.2) is 29.4 Å². The van der Waals surface area contributed by atoms with E-state index < -0.39 is 0 Å². The molecule has 1 amide bonds. The highest BCUT2D eigenvalue weighted by Crippen LogP contribution is 2.40. The van der Waals surface area contributed by atoms with Gasteiger partial charge in [0.25, 0.3) is 0 Å². The quantitative estimate of drug-likeness (QED) is 0.657. The van der Waals surface area contributed by atoms with Crippen molar-refractivity contribution in [2.75, 3.05) is 19.0 Å². The highest BCUT2D eigenvalue weighted by Gasteiger charge is 2.31. The van der Waals surface area contributed by atoms with Crippen molar-refractivity contribution in [2.45, 2.75) is 26.2 Å². The van der Waals surface area contributed by atoms with Gasteiger partial charge in [0.2, 0.25) is 5.91 Å². The van der Waals surface area contributed by atoms with E-state index in [1.54, 1.807) is 11.8 Å². The maximum Gasteiger partial charge on any atom is 0.226 e. The molecule has 30 heavy (non-hydrogen) atoms. The summed E-state index contributed by atoms with van der Waals surface area (Å²) in [5, 5.41) is 7.57. The van der Waals surface area contributed by atoms with Gasteiger partial charge < -0.3 is 14.8 Å². The largest absolute Gasteiger partial charge is 0.493 e. The molecule has 6 heteroatoms. The SMILES string of the molecule is C#CCOc1ccc(C2CC(=O)Nc3c2cnn3-c2ccc(C)c(C)c2)cc1OC. The van der Waals surface area contributed by atoms with E-state index in [0.717, 1.165) is 16.8 Å². The second-order valence-electron chi connectivity index (χ2n) is 7.34. The molecule has 1 aliphatic heterocycles. The van der Waals surface area contributed by atoms with Gasteiger partial charge in [-0.3, -0.25) is 4.79 Å². The number of amides is 1. The third-order valence-electron chi connectivity index (χ3n) is 5.46. The lowest BCUT2D eigenvalue weighted by Gasteiger charge is -2.24. The number of fused-ring (bicyclic) bond motifs is 1. The number of hydrogen-bond acceptors (Lipinski definition) is 4. The number of aryl methyl sites for hydroxylation is 2. The third kappa shape index (κ3) is 3.50. The molecule has 0 saturated carbocycles. The summed E-state index contributed by atoms with van der Waals surface area (Å²) in [5.74, 6) is 4.12. The average Bonchev–Trinajstić information content (AvgIpc) is 3.17. The van der Waals surface area contributed by atoms with Crippen LogP contribution in [0.2, 0.25) is 0 Å². The molecule has 4 rings (SSSR count). The van der Waals surface area contributed by atoms with Crippen LogP contribution >= 0.6 is 0 Å². The summed E-state index contributed by atoms with van der Waals surface area (Å²) in [6, 6.07) is 11.8. The van der Waals surface area contributed by atoms with E-state index in [2.05, 4.69) is 42.3 Å². The minimum absolute atomic E-state index is 0.0512. The fourth-order valence-corrected chi connectivity index (χ4v) is 3.71. The van der Waals surface area contributed by atoms with Crippen LogP contribution in [0, 0.1) is 26.2 Å². The van der Waals surface area contributed by atoms with Crippen molar-refractivity contribution >= 4 is 11.7 Å². The number of aromatic nitrogens is 2. The number of carbonyl (C=O) groups is 1. The van der Waals surface area contributed by atoms with Gasteiger partial charge in [-0.15, -0.1) is 6.42 Å². The van der Waals surface area contributed by atoms with Crippen LogP contribution in [0.25, 0.3) is 5.69 Å². The Morgan fingerprint density at radius 2 is 2.03 bits per heavy atom. The highest BCUT2D eigenvalue weighted by atomic mass is 16.5. The second kappa shape index (κ2) is 7.96. The fourth-order valence-electron chi connectivity index (χ4n) is 3.71. The number of terminal acetylenes is 1. The molecule has 1 unspecified atom stereocenters. The molecule has 1 N–H and O–H groups in total. The zero-order valence-electron chi connectivity index (χ0n) is 17.2. The zero-order valence-corrected chi connectivity index (χ0v) is 17.2. The Balaban J connectivity index is 1.75. The van der Waals surface area contributed by atoms with Crippen molar-refractivity contribution in [1.29, 1.82) is 0 Å². The number of benzene rings is 2. The highest BCUT2D eigenvalue weighted by molar-refractivity contribution is 5.94. The van der Waals surface area contributed by atoms with E-state index >= 15 is 0 Å². The van der Waals surface area contributed by atoms with Gasteiger partial charge in [0.05, 0.1) is 19.0 Å². The maximum absolute atomic E-state index is 12.5. The van der Waals surface area contributed by atoms with Gasteiger partial charge in [0, 0.05) is 17.9 Å². The predicted octanol–water partition coefficient (Wildman–Crippen LogP) is 3.98. The first-order chi connectivity index (χ1) is 14.5. The van der Waals surface area contributed by atoms with Crippen molar-refractivity contribution in [1.82, 2.24) is 9.78 Å². The molecular weight excluding hydrogens is 378 g/mol. The Kier molecular flexibility index (Phi) is 5.20. The van der Waals surface area contributed by atoms with Crippen LogP contribution in [-0.2, 0) is 4.79 Å². The summed E-state index contributed by atoms with van der Waals surface area (Å²) in [6.45, 7) is 4.29. The summed E-state index contributed by atoms with van der Waals surface area (Å²) in [4.78, 5) is 12.5. The minimum Gasteiger partial charge on any atom is -0.493 e. The van der Waals surface area contributed by atoms with Crippen LogP contribution in [0.15, 0.2) is 42.6 Å². The molecule has 1 aliphatic rings. The lowest BCUT2D eigenvalue weighted by molar-refractivity contribution is -0.116. The first-order valence-electron chi connectivity index (χ1n) is 9.71. The number of ether oxygens (including phenoxy) is 2. The Morgan fingerprint density at radius 3 is 2.77 bits per heavy atom. The number of nitrogens with zero attached hydrogens (tertiary/aromatic N) is 2. The first kappa shape index (κ1) is 19.6. The summed E-state index contributed by atoms with van der Waals surface area (Å²) in [7, 11) is 1.58. The number of methoxy groups -OCH3 is 1. The van der Waals surface area contributed by atoms with Crippen molar-refractivity contribution in [3.63, 3.8) is 0 Å². The van der Waals surface area contributed by atoms with E-state index in [4.69, 9.17) is 15.9 Å². The van der Waals surface area contributed by atoms with E-state index in [9.17, 15) is 4.79 Å². The van der Waals surface area contributed by atoms with Gasteiger partial charge >= 0.3 is 0 Å². The summed E-state index contributed by atoms with van der Waals surface area (Å²) in [5.41, 5.74) is 5.21. The lowest BCUT2D eigenvalue weighted by Crippen LogP contribution is -2.24. The summed E-state index contributed by atoms with van der Waals surface area (Å²) >= 11 is 0. The van der Waals surface area contributed by atoms with E-state index in [0.29, 0.717) is 23.7 Å². The van der Waals surface area contributed by atoms with E-state index in [1.165, 1.54) is 11.1 Å². The standard InChI is InChI=1S/C24H23N3O3/c1-5-10-30-21-9-7-17(12-22(21)29-4)19-13-23(28)26-24-20(19)14-25-27(24)18-8-6-15(2)16(3)11-18/h1,6-9,11-12,14,19H,10,13H2,2-4H3,(H,26,28). The molecular formula is C24H23N3O3. The monoisotopic (exact) mass is 401 g/mol. The molecule has 1 atom stereocenters. The molecule has 0 saturated heterocycles. The van der Waals surface area contributed by atoms with E-state index in [-0.39, 0.29) is 18.4 Å². The molecule has 0 radical (unpaired) electrons. The molecule has 1 aromatic heterocycles. The minimum atomic E-state index is -0.135. The maximum atomic E-state index is 12.5. The van der Waals surface area contributed by atoms with Gasteiger partial charge in [0.15, 0.2) is 11.5 Å². The normalized spacial score (nSPS) is 15.1. The smallest absolute Gasteiger partial charge is 0.226 e. The van der Waals surface area contributed by atoms with Gasteiger partial charge in [-0.25, -0.2) is 4.68 Å². The molecule has 3 aromatic rings. The van der Waals surface area contributed by atoms with Crippen LogP contribution in [0.5, 0.6) is 11.5 Å². The average molecular weight is 401 g/mol. The second-order valence-corrected chi connectivity index (χ2v) is 7.34. The van der Waals surface area contributed by atoms with Gasteiger partial charge in [-0.2, -0.15) is 5.10 Å². The molecule has 0 fully saturated rings. The summed E-state index contributed by atoms with van der Waals surface area (Å²) in [6.07, 6.45) is 7.44. The lowest BCUT2D eigenvalue weighted by atomic mass is 9.87. The number of hydrogen-bond donors (Lipinski definition) is 1. The zero-order chi connectivity index (χ0) is 21.3. The van der Waals surface area contributed by atoms with Crippen molar-refractivity contribution in [2.24, 2.45) is 0 Å². The Labute approximate surface area is 175 Å². The molecule has 152 valence electrons. The molecule has 6 nitrogen and oxygen atoms in total. The number of rotatable bonds is 5. The van der Waals surface area contributed by atoms with Crippen molar-refractivity contribution in [3.8, 4) is 29.5 Å². The summed E-state index contributed by atoms with van der Waals surface area (Å²) < 4.78 is 12.8. The van der Waals surface area contributed by atoms with Crippen molar-refractivity contribution < 1.29 is 14.3 Å². The Bertz CT molecular complexity index is 1160. The van der Waals surface area contributed by atoms with Gasteiger partial charge in [0.1, 0.15) is 12.4 Å².